The highest BCUT2D eigenvalue weighted by Crippen LogP contribution is 1.94. The van der Waals surface area contributed by atoms with E-state index in [9.17, 15) is 9.59 Å². The molecule has 6 nitrogen and oxygen atoms in total. The van der Waals surface area contributed by atoms with E-state index >= 15 is 0 Å². The molecule has 16 heavy (non-hydrogen) atoms. The Bertz CT molecular complexity index is 353. The van der Waals surface area contributed by atoms with Gasteiger partial charge in [0.1, 0.15) is 0 Å². The summed E-state index contributed by atoms with van der Waals surface area (Å²) in [5.74, 6) is -0.599. The van der Waals surface area contributed by atoms with Crippen LogP contribution in [-0.4, -0.2) is 29.9 Å². The number of carbonyl (C=O) groups excluding carboxylic acids is 2. The van der Waals surface area contributed by atoms with Gasteiger partial charge in [-0.15, -0.1) is 0 Å². The smallest absolute Gasteiger partial charge is 0.239 e. The Balaban J connectivity index is 2.23. The Morgan fingerprint density at radius 1 is 1.19 bits per heavy atom. The summed E-state index contributed by atoms with van der Waals surface area (Å²) < 4.78 is 0. The van der Waals surface area contributed by atoms with E-state index in [1.165, 1.54) is 0 Å². The Morgan fingerprint density at radius 3 is 2.50 bits per heavy atom. The van der Waals surface area contributed by atoms with E-state index in [4.69, 9.17) is 5.73 Å². The van der Waals surface area contributed by atoms with Crippen LogP contribution in [0.25, 0.3) is 0 Å². The summed E-state index contributed by atoms with van der Waals surface area (Å²) >= 11 is 0. The van der Waals surface area contributed by atoms with Crippen LogP contribution >= 0.6 is 0 Å². The lowest BCUT2D eigenvalue weighted by atomic mass is 10.3. The van der Waals surface area contributed by atoms with Crippen LogP contribution in [0, 0.1) is 0 Å². The van der Waals surface area contributed by atoms with Crippen LogP contribution in [0.3, 0.4) is 0 Å². The molecule has 1 rings (SSSR count). The first-order chi connectivity index (χ1) is 7.72. The SMILES string of the molecule is NCC(=O)NCC(=O)NCc1ccncc1. The fraction of sp³-hybridized carbons (Fsp3) is 0.300. The van der Waals surface area contributed by atoms with Crippen molar-refractivity contribution in [1.29, 1.82) is 0 Å². The van der Waals surface area contributed by atoms with Gasteiger partial charge in [0.25, 0.3) is 0 Å². The molecule has 1 heterocycles. The van der Waals surface area contributed by atoms with Gasteiger partial charge in [0.05, 0.1) is 13.1 Å². The average Bonchev–Trinajstić information content (AvgIpc) is 2.34. The number of nitrogens with two attached hydrogens (primary N) is 1. The zero-order valence-electron chi connectivity index (χ0n) is 8.77. The molecule has 0 atom stereocenters. The predicted molar refractivity (Wildman–Crippen MR) is 58.1 cm³/mol. The summed E-state index contributed by atoms with van der Waals surface area (Å²) in [6.07, 6.45) is 3.30. The van der Waals surface area contributed by atoms with Crippen LogP contribution in [-0.2, 0) is 16.1 Å². The van der Waals surface area contributed by atoms with E-state index in [0.29, 0.717) is 6.54 Å². The number of aromatic nitrogens is 1. The minimum Gasteiger partial charge on any atom is -0.350 e. The van der Waals surface area contributed by atoms with Crippen molar-refractivity contribution < 1.29 is 9.59 Å². The topological polar surface area (TPSA) is 97.1 Å². The minimum atomic E-state index is -0.348. The van der Waals surface area contributed by atoms with Gasteiger partial charge in [0.15, 0.2) is 0 Å². The van der Waals surface area contributed by atoms with Crippen molar-refractivity contribution in [3.05, 3.63) is 30.1 Å². The number of hydrogen-bond acceptors (Lipinski definition) is 4. The first-order valence-electron chi connectivity index (χ1n) is 4.84. The van der Waals surface area contributed by atoms with Crippen LogP contribution in [0.5, 0.6) is 0 Å². The molecule has 0 spiro atoms. The van der Waals surface area contributed by atoms with Crippen molar-refractivity contribution in [3.8, 4) is 0 Å². The van der Waals surface area contributed by atoms with Crippen molar-refractivity contribution in [2.75, 3.05) is 13.1 Å². The number of rotatable bonds is 5. The quantitative estimate of drug-likeness (QED) is 0.581. The third-order valence-corrected chi connectivity index (χ3v) is 1.87. The van der Waals surface area contributed by atoms with E-state index in [1.54, 1.807) is 24.5 Å². The minimum absolute atomic E-state index is 0.0544. The number of pyridine rings is 1. The number of nitrogens with zero attached hydrogens (tertiary/aromatic N) is 1. The molecule has 0 fully saturated rings. The molecule has 0 aliphatic heterocycles. The maximum atomic E-state index is 11.3. The van der Waals surface area contributed by atoms with E-state index in [-0.39, 0.29) is 24.9 Å². The van der Waals surface area contributed by atoms with Gasteiger partial charge in [0.2, 0.25) is 11.8 Å². The second kappa shape index (κ2) is 6.52. The monoisotopic (exact) mass is 222 g/mol. The largest absolute Gasteiger partial charge is 0.350 e. The van der Waals surface area contributed by atoms with E-state index in [2.05, 4.69) is 15.6 Å². The maximum absolute atomic E-state index is 11.3. The molecular formula is C10H14N4O2. The van der Waals surface area contributed by atoms with Gasteiger partial charge in [0, 0.05) is 18.9 Å². The van der Waals surface area contributed by atoms with Gasteiger partial charge in [-0.2, -0.15) is 0 Å². The predicted octanol–water partition coefficient (Wildman–Crippen LogP) is -1.23. The lowest BCUT2D eigenvalue weighted by molar-refractivity contribution is -0.125. The van der Waals surface area contributed by atoms with Crippen molar-refractivity contribution in [2.24, 2.45) is 5.73 Å². The molecule has 0 aliphatic rings. The summed E-state index contributed by atoms with van der Waals surface area (Å²) in [7, 11) is 0. The van der Waals surface area contributed by atoms with E-state index in [0.717, 1.165) is 5.56 Å². The first kappa shape index (κ1) is 12.1. The summed E-state index contributed by atoms with van der Waals surface area (Å²) in [6.45, 7) is 0.249. The zero-order valence-corrected chi connectivity index (χ0v) is 8.77. The number of hydrogen-bond donors (Lipinski definition) is 3. The molecule has 0 saturated carbocycles. The standard InChI is InChI=1S/C10H14N4O2/c11-5-9(15)14-7-10(16)13-6-8-1-3-12-4-2-8/h1-4H,5-7,11H2,(H,13,16)(H,14,15). The molecule has 0 aliphatic carbocycles. The van der Waals surface area contributed by atoms with Crippen LogP contribution in [0.15, 0.2) is 24.5 Å². The highest BCUT2D eigenvalue weighted by molar-refractivity contribution is 5.85. The molecule has 0 bridgehead atoms. The van der Waals surface area contributed by atoms with Gasteiger partial charge < -0.3 is 16.4 Å². The third kappa shape index (κ3) is 4.52. The van der Waals surface area contributed by atoms with Crippen molar-refractivity contribution in [2.45, 2.75) is 6.54 Å². The Hall–Kier alpha value is -1.95. The van der Waals surface area contributed by atoms with Gasteiger partial charge in [-0.05, 0) is 17.7 Å². The maximum Gasteiger partial charge on any atom is 0.239 e. The summed E-state index contributed by atoms with van der Waals surface area (Å²) in [5.41, 5.74) is 6.02. The molecule has 2 amide bonds. The Morgan fingerprint density at radius 2 is 1.88 bits per heavy atom. The van der Waals surface area contributed by atoms with Crippen LogP contribution in [0.2, 0.25) is 0 Å². The zero-order chi connectivity index (χ0) is 11.8. The van der Waals surface area contributed by atoms with Gasteiger partial charge in [-0.1, -0.05) is 0 Å². The Kier molecular flexibility index (Phi) is 4.94. The fourth-order valence-corrected chi connectivity index (χ4v) is 1.01. The molecule has 1 aromatic heterocycles. The van der Waals surface area contributed by atoms with Crippen LogP contribution in [0.1, 0.15) is 5.56 Å². The number of carbonyl (C=O) groups is 2. The second-order valence-electron chi connectivity index (χ2n) is 3.11. The lowest BCUT2D eigenvalue weighted by Gasteiger charge is -2.05. The summed E-state index contributed by atoms with van der Waals surface area (Å²) in [4.78, 5) is 25.9. The van der Waals surface area contributed by atoms with Crippen molar-refractivity contribution in [3.63, 3.8) is 0 Å². The summed E-state index contributed by atoms with van der Waals surface area (Å²) in [5, 5.41) is 5.04. The molecule has 0 unspecified atom stereocenters. The second-order valence-corrected chi connectivity index (χ2v) is 3.11. The number of nitrogens with one attached hydrogen (secondary N) is 2. The molecule has 0 radical (unpaired) electrons. The highest BCUT2D eigenvalue weighted by atomic mass is 16.2. The number of amides is 2. The molecular weight excluding hydrogens is 208 g/mol. The lowest BCUT2D eigenvalue weighted by Crippen LogP contribution is -2.39. The first-order valence-corrected chi connectivity index (χ1v) is 4.84. The van der Waals surface area contributed by atoms with Gasteiger partial charge >= 0.3 is 0 Å². The fourth-order valence-electron chi connectivity index (χ4n) is 1.01. The molecule has 86 valence electrons. The molecule has 6 heteroatoms. The highest BCUT2D eigenvalue weighted by Gasteiger charge is 2.03. The van der Waals surface area contributed by atoms with E-state index < -0.39 is 0 Å². The molecule has 0 aromatic carbocycles. The van der Waals surface area contributed by atoms with Crippen LogP contribution in [0.4, 0.5) is 0 Å². The van der Waals surface area contributed by atoms with Crippen molar-refractivity contribution >= 4 is 11.8 Å². The molecule has 1 aromatic rings. The van der Waals surface area contributed by atoms with Crippen LogP contribution < -0.4 is 16.4 Å². The molecule has 4 N–H and O–H groups in total. The summed E-state index contributed by atoms with van der Waals surface area (Å²) in [6, 6.07) is 3.61. The Labute approximate surface area is 93.2 Å². The average molecular weight is 222 g/mol. The molecule has 0 saturated heterocycles. The normalized spacial score (nSPS) is 9.56. The van der Waals surface area contributed by atoms with E-state index in [1.807, 2.05) is 0 Å². The van der Waals surface area contributed by atoms with Gasteiger partial charge in [-0.25, -0.2) is 0 Å². The van der Waals surface area contributed by atoms with Crippen molar-refractivity contribution in [1.82, 2.24) is 15.6 Å². The third-order valence-electron chi connectivity index (χ3n) is 1.87. The van der Waals surface area contributed by atoms with Gasteiger partial charge in [-0.3, -0.25) is 14.6 Å².